The second-order valence-corrected chi connectivity index (χ2v) is 8.19. The maximum absolute atomic E-state index is 13.2. The molecule has 0 fully saturated rings. The van der Waals surface area contributed by atoms with Crippen molar-refractivity contribution < 1.29 is 18.6 Å². The van der Waals surface area contributed by atoms with E-state index in [2.05, 4.69) is 31.2 Å². The second-order valence-electron chi connectivity index (χ2n) is 8.19. The molecule has 0 atom stereocenters. The summed E-state index contributed by atoms with van der Waals surface area (Å²) in [7, 11) is 0. The van der Waals surface area contributed by atoms with Gasteiger partial charge in [-0.25, -0.2) is 14.4 Å². The molecule has 0 aliphatic heterocycles. The maximum atomic E-state index is 13.2. The summed E-state index contributed by atoms with van der Waals surface area (Å²) in [6.07, 6.45) is 1.45. The molecule has 0 aliphatic carbocycles. The summed E-state index contributed by atoms with van der Waals surface area (Å²) in [4.78, 5) is 13.1. The summed E-state index contributed by atoms with van der Waals surface area (Å²) in [6.45, 7) is 2.18. The molecule has 0 saturated heterocycles. The van der Waals surface area contributed by atoms with E-state index >= 15 is 0 Å². The van der Waals surface area contributed by atoms with Gasteiger partial charge in [-0.2, -0.15) is 9.78 Å². The molecule has 12 heteroatoms. The third-order valence-corrected chi connectivity index (χ3v) is 5.50. The summed E-state index contributed by atoms with van der Waals surface area (Å²) in [5.74, 6) is -0.296. The molecular weight excluding hydrogens is 491 g/mol. The smallest absolute Gasteiger partial charge is 0.294 e. The normalized spacial score (nSPS) is 11.1. The maximum Gasteiger partial charge on any atom is 0.294 e. The Hall–Kier alpha value is -5.39. The summed E-state index contributed by atoms with van der Waals surface area (Å²) < 4.78 is 25.0. The number of rotatable bonds is 8. The predicted molar refractivity (Wildman–Crippen MR) is 136 cm³/mol. The SMILES string of the molecule is Cc1ccc(-c2c(C(=O)NN=Cc3ccccc3OCc3ccc(F)cc3)nnn2-c2nonc2N)cc1. The Balaban J connectivity index is 1.36. The number of nitrogens with two attached hydrogens (primary N) is 1. The number of carbonyl (C=O) groups is 1. The zero-order valence-corrected chi connectivity index (χ0v) is 20.1. The van der Waals surface area contributed by atoms with Crippen molar-refractivity contribution >= 4 is 17.9 Å². The molecule has 0 unspecified atom stereocenters. The Bertz CT molecular complexity index is 1590. The van der Waals surface area contributed by atoms with Crippen molar-refractivity contribution in [1.29, 1.82) is 0 Å². The lowest BCUT2D eigenvalue weighted by Crippen LogP contribution is -2.19. The molecule has 0 spiro atoms. The number of nitrogens with zero attached hydrogens (tertiary/aromatic N) is 6. The lowest BCUT2D eigenvalue weighted by atomic mass is 10.1. The molecule has 38 heavy (non-hydrogen) atoms. The van der Waals surface area contributed by atoms with E-state index in [4.69, 9.17) is 15.1 Å². The van der Waals surface area contributed by atoms with E-state index in [1.165, 1.54) is 23.0 Å². The minimum absolute atomic E-state index is 0.00533. The average molecular weight is 513 g/mol. The van der Waals surface area contributed by atoms with Gasteiger partial charge in [0.1, 0.15) is 23.9 Å². The lowest BCUT2D eigenvalue weighted by molar-refractivity contribution is 0.0950. The number of nitrogen functional groups attached to an aromatic ring is 1. The molecule has 2 heterocycles. The van der Waals surface area contributed by atoms with Crippen LogP contribution in [0.25, 0.3) is 17.1 Å². The topological polar surface area (TPSA) is 146 Å². The molecule has 190 valence electrons. The number of para-hydroxylation sites is 1. The molecule has 5 rings (SSSR count). The number of hydrogen-bond donors (Lipinski definition) is 2. The number of carbonyl (C=O) groups excluding carboxylic acids is 1. The molecule has 0 bridgehead atoms. The first-order valence-corrected chi connectivity index (χ1v) is 11.4. The van der Waals surface area contributed by atoms with Gasteiger partial charge in [0.25, 0.3) is 5.91 Å². The van der Waals surface area contributed by atoms with Gasteiger partial charge in [0.05, 0.1) is 6.21 Å². The molecule has 11 nitrogen and oxygen atoms in total. The van der Waals surface area contributed by atoms with Gasteiger partial charge >= 0.3 is 0 Å². The number of anilines is 1. The second kappa shape index (κ2) is 10.7. The van der Waals surface area contributed by atoms with Gasteiger partial charge in [-0.05, 0) is 47.1 Å². The van der Waals surface area contributed by atoms with Crippen LogP contribution >= 0.6 is 0 Å². The fourth-order valence-corrected chi connectivity index (χ4v) is 3.57. The van der Waals surface area contributed by atoms with E-state index < -0.39 is 5.91 Å². The Kier molecular flexibility index (Phi) is 6.85. The van der Waals surface area contributed by atoms with Crippen LogP contribution in [0.3, 0.4) is 0 Å². The fraction of sp³-hybridized carbons (Fsp3) is 0.0769. The molecule has 2 aromatic heterocycles. The van der Waals surface area contributed by atoms with Gasteiger partial charge in [-0.15, -0.1) is 5.10 Å². The molecule has 1 amide bonds. The number of ether oxygens (including phenoxy) is 1. The zero-order valence-electron chi connectivity index (χ0n) is 20.1. The molecule has 0 radical (unpaired) electrons. The first-order valence-electron chi connectivity index (χ1n) is 11.4. The quantitative estimate of drug-likeness (QED) is 0.236. The summed E-state index contributed by atoms with van der Waals surface area (Å²) in [5, 5.41) is 19.5. The first-order chi connectivity index (χ1) is 18.5. The highest BCUT2D eigenvalue weighted by molar-refractivity contribution is 5.99. The van der Waals surface area contributed by atoms with Crippen molar-refractivity contribution in [3.8, 4) is 22.8 Å². The van der Waals surface area contributed by atoms with Crippen LogP contribution in [-0.4, -0.2) is 37.4 Å². The van der Waals surface area contributed by atoms with Gasteiger partial charge in [0, 0.05) is 11.1 Å². The standard InChI is InChI=1S/C26H21FN8O3/c1-16-6-10-18(11-7-16)23-22(30-34-35(23)25-24(28)32-38-33-25)26(36)31-29-14-19-4-2-3-5-21(19)37-15-17-8-12-20(27)13-9-17/h2-14H,15H2,1H3,(H2,28,32)(H,31,36). The van der Waals surface area contributed by atoms with Crippen molar-refractivity contribution in [2.45, 2.75) is 13.5 Å². The van der Waals surface area contributed by atoms with Crippen LogP contribution in [0.4, 0.5) is 10.2 Å². The zero-order chi connectivity index (χ0) is 26.5. The van der Waals surface area contributed by atoms with Crippen molar-refractivity contribution in [3.63, 3.8) is 0 Å². The third kappa shape index (κ3) is 5.23. The van der Waals surface area contributed by atoms with E-state index in [0.29, 0.717) is 22.6 Å². The summed E-state index contributed by atoms with van der Waals surface area (Å²) in [5.41, 5.74) is 11.8. The number of hydrogen-bond acceptors (Lipinski definition) is 9. The highest BCUT2D eigenvalue weighted by Gasteiger charge is 2.25. The van der Waals surface area contributed by atoms with E-state index in [9.17, 15) is 9.18 Å². The van der Waals surface area contributed by atoms with Gasteiger partial charge in [-0.1, -0.05) is 59.3 Å². The highest BCUT2D eigenvalue weighted by atomic mass is 19.1. The highest BCUT2D eigenvalue weighted by Crippen LogP contribution is 2.26. The fourth-order valence-electron chi connectivity index (χ4n) is 3.57. The van der Waals surface area contributed by atoms with Gasteiger partial charge < -0.3 is 10.5 Å². The minimum Gasteiger partial charge on any atom is -0.488 e. The van der Waals surface area contributed by atoms with Crippen LogP contribution in [0.5, 0.6) is 5.75 Å². The van der Waals surface area contributed by atoms with Crippen LogP contribution in [0.15, 0.2) is 82.5 Å². The van der Waals surface area contributed by atoms with E-state index in [1.807, 2.05) is 43.3 Å². The third-order valence-electron chi connectivity index (χ3n) is 5.50. The van der Waals surface area contributed by atoms with Crippen LogP contribution in [0.1, 0.15) is 27.2 Å². The Morgan fingerprint density at radius 1 is 1.11 bits per heavy atom. The number of amides is 1. The van der Waals surface area contributed by atoms with Crippen molar-refractivity contribution in [2.24, 2.45) is 5.10 Å². The van der Waals surface area contributed by atoms with Gasteiger partial charge in [0.15, 0.2) is 5.69 Å². The van der Waals surface area contributed by atoms with Gasteiger partial charge in [-0.3, -0.25) is 4.79 Å². The van der Waals surface area contributed by atoms with Crippen LogP contribution in [-0.2, 0) is 6.61 Å². The monoisotopic (exact) mass is 512 g/mol. The molecule has 0 aliphatic rings. The average Bonchev–Trinajstić information content (AvgIpc) is 3.55. The van der Waals surface area contributed by atoms with Gasteiger partial charge in [0.2, 0.25) is 11.6 Å². The number of aryl methyl sites for hydroxylation is 1. The van der Waals surface area contributed by atoms with Crippen molar-refractivity contribution in [1.82, 2.24) is 30.7 Å². The van der Waals surface area contributed by atoms with E-state index in [-0.39, 0.29) is 29.8 Å². The number of aromatic nitrogens is 5. The predicted octanol–water partition coefficient (Wildman–Crippen LogP) is 3.69. The van der Waals surface area contributed by atoms with Crippen molar-refractivity contribution in [2.75, 3.05) is 5.73 Å². The molecule has 3 N–H and O–H groups in total. The largest absolute Gasteiger partial charge is 0.488 e. The molecule has 5 aromatic rings. The molecule has 3 aromatic carbocycles. The van der Waals surface area contributed by atoms with Crippen LogP contribution in [0.2, 0.25) is 0 Å². The summed E-state index contributed by atoms with van der Waals surface area (Å²) in [6, 6.07) is 20.6. The number of nitrogens with one attached hydrogen (secondary N) is 1. The van der Waals surface area contributed by atoms with Crippen molar-refractivity contribution in [3.05, 3.63) is 101 Å². The van der Waals surface area contributed by atoms with Crippen LogP contribution in [0, 0.1) is 12.7 Å². The Morgan fingerprint density at radius 2 is 1.87 bits per heavy atom. The van der Waals surface area contributed by atoms with E-state index in [1.54, 1.807) is 24.3 Å². The Labute approximate surface area is 215 Å². The first kappa shape index (κ1) is 24.3. The number of benzene rings is 3. The summed E-state index contributed by atoms with van der Waals surface area (Å²) >= 11 is 0. The van der Waals surface area contributed by atoms with Crippen LogP contribution < -0.4 is 15.9 Å². The Morgan fingerprint density at radius 3 is 2.61 bits per heavy atom. The minimum atomic E-state index is -0.609. The number of halogens is 1. The number of hydrazone groups is 1. The van der Waals surface area contributed by atoms with E-state index in [0.717, 1.165) is 11.1 Å². The molecular formula is C26H21FN8O3. The molecule has 0 saturated carbocycles. The lowest BCUT2D eigenvalue weighted by Gasteiger charge is -2.09.